The molecule has 0 radical (unpaired) electrons. The van der Waals surface area contributed by atoms with Crippen molar-refractivity contribution in [1.29, 1.82) is 0 Å². The fourth-order valence-electron chi connectivity index (χ4n) is 1.32. The molecule has 0 aromatic carbocycles. The van der Waals surface area contributed by atoms with E-state index in [1.807, 2.05) is 6.92 Å². The van der Waals surface area contributed by atoms with Gasteiger partial charge in [0.1, 0.15) is 6.10 Å². The molecule has 2 atom stereocenters. The molecule has 0 aliphatic heterocycles. The molecule has 0 heterocycles. The average molecular weight is 128 g/mol. The van der Waals surface area contributed by atoms with Gasteiger partial charge < -0.3 is 5.11 Å². The van der Waals surface area contributed by atoms with Crippen LogP contribution in [0, 0.1) is 5.92 Å². The van der Waals surface area contributed by atoms with E-state index >= 15 is 0 Å². The van der Waals surface area contributed by atoms with Crippen LogP contribution in [0.25, 0.3) is 0 Å². The van der Waals surface area contributed by atoms with Crippen LogP contribution in [0.2, 0.25) is 0 Å². The third-order valence-corrected chi connectivity index (χ3v) is 2.01. The van der Waals surface area contributed by atoms with Crippen molar-refractivity contribution < 1.29 is 9.90 Å². The highest BCUT2D eigenvalue weighted by molar-refractivity contribution is 5.87. The Morgan fingerprint density at radius 1 is 1.67 bits per heavy atom. The summed E-state index contributed by atoms with van der Waals surface area (Å²) < 4.78 is 0. The van der Waals surface area contributed by atoms with Crippen molar-refractivity contribution in [3.05, 3.63) is 0 Å². The van der Waals surface area contributed by atoms with Crippen molar-refractivity contribution in [2.45, 2.75) is 32.3 Å². The summed E-state index contributed by atoms with van der Waals surface area (Å²) in [5.74, 6) is 0.206. The maximum absolute atomic E-state index is 10.9. The van der Waals surface area contributed by atoms with E-state index in [1.54, 1.807) is 0 Å². The van der Waals surface area contributed by atoms with Gasteiger partial charge in [-0.25, -0.2) is 0 Å². The topological polar surface area (TPSA) is 37.3 Å². The minimum atomic E-state index is -0.644. The number of rotatable bonds is 1. The second-order valence-corrected chi connectivity index (χ2v) is 2.60. The lowest BCUT2D eigenvalue weighted by Crippen LogP contribution is -2.17. The van der Waals surface area contributed by atoms with E-state index in [0.29, 0.717) is 6.42 Å². The average Bonchev–Trinajstić information content (AvgIpc) is 2.15. The standard InChI is InChI=1S/C7H12O2/c1-2-5-3-4-6(8)7(5)9/h5-6,8H,2-4H2,1H3. The van der Waals surface area contributed by atoms with Gasteiger partial charge in [-0.3, -0.25) is 4.79 Å². The molecule has 0 aromatic rings. The van der Waals surface area contributed by atoms with Gasteiger partial charge in [0.25, 0.3) is 0 Å². The fraction of sp³-hybridized carbons (Fsp3) is 0.857. The third-order valence-electron chi connectivity index (χ3n) is 2.01. The number of hydrogen-bond donors (Lipinski definition) is 1. The Balaban J connectivity index is 2.51. The first-order valence-electron chi connectivity index (χ1n) is 3.47. The van der Waals surface area contributed by atoms with E-state index in [0.717, 1.165) is 12.8 Å². The molecule has 2 unspecified atom stereocenters. The van der Waals surface area contributed by atoms with Crippen LogP contribution in [-0.4, -0.2) is 17.0 Å². The van der Waals surface area contributed by atoms with Crippen molar-refractivity contribution in [2.75, 3.05) is 0 Å². The lowest BCUT2D eigenvalue weighted by molar-refractivity contribution is -0.127. The maximum Gasteiger partial charge on any atom is 0.164 e. The Bertz CT molecular complexity index is 120. The maximum atomic E-state index is 10.9. The molecule has 0 bridgehead atoms. The number of hydrogen-bond acceptors (Lipinski definition) is 2. The second kappa shape index (κ2) is 2.48. The zero-order valence-corrected chi connectivity index (χ0v) is 5.63. The third kappa shape index (κ3) is 1.13. The van der Waals surface area contributed by atoms with Gasteiger partial charge in [0.2, 0.25) is 0 Å². The van der Waals surface area contributed by atoms with E-state index in [1.165, 1.54) is 0 Å². The van der Waals surface area contributed by atoms with Gasteiger partial charge in [0, 0.05) is 5.92 Å². The quantitative estimate of drug-likeness (QED) is 0.565. The predicted octanol–water partition coefficient (Wildman–Crippen LogP) is 0.736. The van der Waals surface area contributed by atoms with Gasteiger partial charge >= 0.3 is 0 Å². The Labute approximate surface area is 54.9 Å². The summed E-state index contributed by atoms with van der Waals surface area (Å²) in [5.41, 5.74) is 0. The molecular formula is C7H12O2. The van der Waals surface area contributed by atoms with Gasteiger partial charge in [-0.15, -0.1) is 0 Å². The van der Waals surface area contributed by atoms with Crippen molar-refractivity contribution in [2.24, 2.45) is 5.92 Å². The molecule has 52 valence electrons. The van der Waals surface area contributed by atoms with Crippen LogP contribution in [0.15, 0.2) is 0 Å². The van der Waals surface area contributed by atoms with E-state index in [-0.39, 0.29) is 11.7 Å². The minimum absolute atomic E-state index is 0.0532. The Morgan fingerprint density at radius 2 is 2.33 bits per heavy atom. The second-order valence-electron chi connectivity index (χ2n) is 2.60. The minimum Gasteiger partial charge on any atom is -0.385 e. The van der Waals surface area contributed by atoms with E-state index in [2.05, 4.69) is 0 Å². The smallest absolute Gasteiger partial charge is 0.164 e. The highest BCUT2D eigenvalue weighted by Gasteiger charge is 2.30. The van der Waals surface area contributed by atoms with E-state index in [9.17, 15) is 4.79 Å². The number of ketones is 1. The Morgan fingerprint density at radius 3 is 2.56 bits per heavy atom. The summed E-state index contributed by atoms with van der Waals surface area (Å²) in [6.07, 6.45) is 1.80. The van der Waals surface area contributed by atoms with Crippen LogP contribution >= 0.6 is 0 Å². The molecule has 1 saturated carbocycles. The molecule has 1 aliphatic rings. The molecule has 1 rings (SSSR count). The number of Topliss-reactive ketones (excluding diaryl/α,β-unsaturated/α-hetero) is 1. The van der Waals surface area contributed by atoms with Crippen molar-refractivity contribution >= 4 is 5.78 Å². The highest BCUT2D eigenvalue weighted by atomic mass is 16.3. The summed E-state index contributed by atoms with van der Waals surface area (Å²) in [6, 6.07) is 0. The van der Waals surface area contributed by atoms with Gasteiger partial charge in [0.15, 0.2) is 5.78 Å². The molecule has 0 aromatic heterocycles. The molecule has 0 amide bonds. The molecule has 1 N–H and O–H groups in total. The monoisotopic (exact) mass is 128 g/mol. The van der Waals surface area contributed by atoms with Gasteiger partial charge in [-0.1, -0.05) is 6.92 Å². The zero-order chi connectivity index (χ0) is 6.85. The normalized spacial score (nSPS) is 35.6. The number of carbonyl (C=O) groups is 1. The summed E-state index contributed by atoms with van der Waals surface area (Å²) in [6.45, 7) is 1.99. The first-order valence-corrected chi connectivity index (χ1v) is 3.47. The summed E-state index contributed by atoms with van der Waals surface area (Å²) >= 11 is 0. The van der Waals surface area contributed by atoms with Crippen LogP contribution in [0.5, 0.6) is 0 Å². The van der Waals surface area contributed by atoms with Crippen LogP contribution in [0.4, 0.5) is 0 Å². The SMILES string of the molecule is CCC1CCC(O)C1=O. The van der Waals surface area contributed by atoms with Crippen molar-refractivity contribution in [3.8, 4) is 0 Å². The van der Waals surface area contributed by atoms with E-state index < -0.39 is 6.10 Å². The molecule has 9 heavy (non-hydrogen) atoms. The summed E-state index contributed by atoms with van der Waals surface area (Å²) in [4.78, 5) is 10.9. The highest BCUT2D eigenvalue weighted by Crippen LogP contribution is 2.23. The Hall–Kier alpha value is -0.370. The Kier molecular flexibility index (Phi) is 1.86. The van der Waals surface area contributed by atoms with Crippen molar-refractivity contribution in [1.82, 2.24) is 0 Å². The van der Waals surface area contributed by atoms with Gasteiger partial charge in [0.05, 0.1) is 0 Å². The molecule has 0 saturated heterocycles. The lowest BCUT2D eigenvalue weighted by atomic mass is 10.0. The van der Waals surface area contributed by atoms with E-state index in [4.69, 9.17) is 5.11 Å². The lowest BCUT2D eigenvalue weighted by Gasteiger charge is -2.01. The first-order chi connectivity index (χ1) is 4.25. The van der Waals surface area contributed by atoms with Crippen LogP contribution < -0.4 is 0 Å². The van der Waals surface area contributed by atoms with Crippen LogP contribution in [0.3, 0.4) is 0 Å². The van der Waals surface area contributed by atoms with Gasteiger partial charge in [-0.05, 0) is 19.3 Å². The van der Waals surface area contributed by atoms with Crippen LogP contribution in [-0.2, 0) is 4.79 Å². The number of aliphatic hydroxyl groups excluding tert-OH is 1. The summed E-state index contributed by atoms with van der Waals surface area (Å²) in [5, 5.41) is 8.95. The predicted molar refractivity (Wildman–Crippen MR) is 34.0 cm³/mol. The summed E-state index contributed by atoms with van der Waals surface area (Å²) in [7, 11) is 0. The van der Waals surface area contributed by atoms with Crippen LogP contribution in [0.1, 0.15) is 26.2 Å². The molecule has 0 spiro atoms. The van der Waals surface area contributed by atoms with Gasteiger partial charge in [-0.2, -0.15) is 0 Å². The van der Waals surface area contributed by atoms with Crippen molar-refractivity contribution in [3.63, 3.8) is 0 Å². The number of aliphatic hydroxyl groups is 1. The molecular weight excluding hydrogens is 116 g/mol. The largest absolute Gasteiger partial charge is 0.385 e. The zero-order valence-electron chi connectivity index (χ0n) is 5.63. The molecule has 1 fully saturated rings. The first kappa shape index (κ1) is 6.75. The number of carbonyl (C=O) groups excluding carboxylic acids is 1. The molecule has 2 nitrogen and oxygen atoms in total. The molecule has 2 heteroatoms. The fourth-order valence-corrected chi connectivity index (χ4v) is 1.32. The molecule has 1 aliphatic carbocycles.